The van der Waals surface area contributed by atoms with Crippen LogP contribution >= 0.6 is 0 Å². The fourth-order valence-electron chi connectivity index (χ4n) is 5.95. The van der Waals surface area contributed by atoms with Gasteiger partial charge < -0.3 is 10.2 Å². The van der Waals surface area contributed by atoms with Crippen molar-refractivity contribution in [3.8, 4) is 0 Å². The van der Waals surface area contributed by atoms with Crippen LogP contribution < -0.4 is 0 Å². The van der Waals surface area contributed by atoms with Crippen molar-refractivity contribution in [3.05, 3.63) is 23.8 Å². The van der Waals surface area contributed by atoms with Crippen molar-refractivity contribution >= 4 is 0 Å². The fraction of sp³-hybridized carbons (Fsp3) is 0.800. The summed E-state index contributed by atoms with van der Waals surface area (Å²) in [5.41, 5.74) is 2.51. The molecule has 0 radical (unpaired) electrons. The molecule has 2 nitrogen and oxygen atoms in total. The molecule has 0 spiro atoms. The van der Waals surface area contributed by atoms with Gasteiger partial charge in [-0.1, -0.05) is 40.2 Å². The Morgan fingerprint density at radius 1 is 1.09 bits per heavy atom. The van der Waals surface area contributed by atoms with Crippen LogP contribution in [-0.2, 0) is 0 Å². The van der Waals surface area contributed by atoms with Crippen LogP contribution in [0.5, 0.6) is 0 Å². The lowest BCUT2D eigenvalue weighted by Gasteiger charge is -2.59. The van der Waals surface area contributed by atoms with Gasteiger partial charge in [0, 0.05) is 0 Å². The molecule has 0 aliphatic heterocycles. The summed E-state index contributed by atoms with van der Waals surface area (Å²) < 4.78 is 0. The Bertz CT molecular complexity index is 518. The molecule has 3 aliphatic rings. The molecule has 1 fully saturated rings. The van der Waals surface area contributed by atoms with Gasteiger partial charge in [0.05, 0.1) is 12.2 Å². The Morgan fingerprint density at radius 3 is 2.41 bits per heavy atom. The number of aliphatic hydroxyl groups is 2. The largest absolute Gasteiger partial charge is 0.389 e. The minimum Gasteiger partial charge on any atom is -0.389 e. The number of hydrogen-bond acceptors (Lipinski definition) is 2. The highest BCUT2D eigenvalue weighted by Gasteiger charge is 2.56. The molecule has 2 heteroatoms. The number of allylic oxidation sites excluding steroid dienone is 1. The first kappa shape index (κ1) is 16.3. The molecule has 0 heterocycles. The summed E-state index contributed by atoms with van der Waals surface area (Å²) in [6, 6.07) is 0. The zero-order valence-corrected chi connectivity index (χ0v) is 14.7. The second-order valence-corrected chi connectivity index (χ2v) is 9.26. The van der Waals surface area contributed by atoms with E-state index in [1.54, 1.807) is 0 Å². The van der Waals surface area contributed by atoms with Crippen LogP contribution in [0, 0.1) is 22.2 Å². The minimum atomic E-state index is -0.428. The van der Waals surface area contributed by atoms with Crippen molar-refractivity contribution in [2.24, 2.45) is 22.2 Å². The van der Waals surface area contributed by atoms with Gasteiger partial charge in [-0.25, -0.2) is 0 Å². The van der Waals surface area contributed by atoms with Crippen LogP contribution in [0.25, 0.3) is 0 Å². The van der Waals surface area contributed by atoms with E-state index in [4.69, 9.17) is 0 Å². The molecule has 1 saturated carbocycles. The molecular formula is C20H32O2. The zero-order valence-electron chi connectivity index (χ0n) is 14.7. The third-order valence-corrected chi connectivity index (χ3v) is 7.13. The van der Waals surface area contributed by atoms with Gasteiger partial charge >= 0.3 is 0 Å². The Labute approximate surface area is 135 Å². The van der Waals surface area contributed by atoms with Crippen LogP contribution in [0.4, 0.5) is 0 Å². The van der Waals surface area contributed by atoms with Crippen molar-refractivity contribution in [1.82, 2.24) is 0 Å². The van der Waals surface area contributed by atoms with Crippen molar-refractivity contribution in [3.63, 3.8) is 0 Å². The van der Waals surface area contributed by atoms with E-state index in [1.807, 2.05) is 6.08 Å². The molecule has 5 atom stereocenters. The van der Waals surface area contributed by atoms with E-state index in [1.165, 1.54) is 18.4 Å². The summed E-state index contributed by atoms with van der Waals surface area (Å²) in [4.78, 5) is 0. The predicted molar refractivity (Wildman–Crippen MR) is 90.4 cm³/mol. The highest BCUT2D eigenvalue weighted by Crippen LogP contribution is 2.62. The van der Waals surface area contributed by atoms with Crippen LogP contribution in [0.1, 0.15) is 66.2 Å². The molecule has 0 aromatic carbocycles. The molecule has 124 valence electrons. The van der Waals surface area contributed by atoms with E-state index < -0.39 is 6.10 Å². The molecule has 0 saturated heterocycles. The van der Waals surface area contributed by atoms with Crippen molar-refractivity contribution in [2.45, 2.75) is 78.4 Å². The van der Waals surface area contributed by atoms with E-state index in [9.17, 15) is 10.2 Å². The lowest BCUT2D eigenvalue weighted by atomic mass is 9.47. The van der Waals surface area contributed by atoms with Crippen LogP contribution in [0.3, 0.4) is 0 Å². The van der Waals surface area contributed by atoms with Gasteiger partial charge in [0.25, 0.3) is 0 Å². The number of fused-ring (bicyclic) bond motifs is 2. The second-order valence-electron chi connectivity index (χ2n) is 9.26. The van der Waals surface area contributed by atoms with Gasteiger partial charge in [0.2, 0.25) is 0 Å². The Kier molecular flexibility index (Phi) is 3.66. The molecule has 5 unspecified atom stereocenters. The zero-order chi connectivity index (χ0) is 16.3. The first-order chi connectivity index (χ1) is 10.1. The maximum atomic E-state index is 10.9. The van der Waals surface area contributed by atoms with Crippen molar-refractivity contribution in [1.29, 1.82) is 0 Å². The summed E-state index contributed by atoms with van der Waals surface area (Å²) in [5, 5.41) is 21.8. The van der Waals surface area contributed by atoms with Crippen LogP contribution in [-0.4, -0.2) is 22.4 Å². The monoisotopic (exact) mass is 304 g/mol. The molecule has 0 bridgehead atoms. The third kappa shape index (κ3) is 2.22. The fourth-order valence-corrected chi connectivity index (χ4v) is 5.95. The normalized spacial score (nSPS) is 47.6. The molecule has 22 heavy (non-hydrogen) atoms. The molecule has 0 amide bonds. The van der Waals surface area contributed by atoms with Gasteiger partial charge in [-0.2, -0.15) is 0 Å². The Balaban J connectivity index is 2.11. The van der Waals surface area contributed by atoms with Crippen molar-refractivity contribution < 1.29 is 10.2 Å². The first-order valence-corrected chi connectivity index (χ1v) is 8.86. The van der Waals surface area contributed by atoms with E-state index in [0.29, 0.717) is 5.92 Å². The Morgan fingerprint density at radius 2 is 1.77 bits per heavy atom. The van der Waals surface area contributed by atoms with Crippen LogP contribution in [0.15, 0.2) is 23.8 Å². The van der Waals surface area contributed by atoms with Crippen LogP contribution in [0.2, 0.25) is 0 Å². The van der Waals surface area contributed by atoms with Gasteiger partial charge in [0.15, 0.2) is 0 Å². The molecule has 3 rings (SSSR count). The highest BCUT2D eigenvalue weighted by atomic mass is 16.3. The van der Waals surface area contributed by atoms with E-state index in [2.05, 4.69) is 34.3 Å². The maximum Gasteiger partial charge on any atom is 0.0767 e. The summed E-state index contributed by atoms with van der Waals surface area (Å²) in [5.74, 6) is 0.463. The lowest BCUT2D eigenvalue weighted by molar-refractivity contribution is -0.0443. The molecule has 0 aromatic heterocycles. The lowest BCUT2D eigenvalue weighted by Crippen LogP contribution is -2.53. The summed E-state index contributed by atoms with van der Waals surface area (Å²) in [7, 11) is 0. The molecular weight excluding hydrogens is 272 g/mol. The Hall–Kier alpha value is -0.600. The number of hydrogen-bond donors (Lipinski definition) is 2. The maximum absolute atomic E-state index is 10.9. The quantitative estimate of drug-likeness (QED) is 0.712. The average molecular weight is 304 g/mol. The minimum absolute atomic E-state index is 0.0538. The number of aliphatic hydroxyl groups excluding tert-OH is 2. The summed E-state index contributed by atoms with van der Waals surface area (Å²) >= 11 is 0. The first-order valence-electron chi connectivity index (χ1n) is 8.86. The summed E-state index contributed by atoms with van der Waals surface area (Å²) in [6.07, 6.45) is 7.18. The smallest absolute Gasteiger partial charge is 0.0767 e. The van der Waals surface area contributed by atoms with Crippen molar-refractivity contribution in [2.75, 3.05) is 0 Å². The highest BCUT2D eigenvalue weighted by molar-refractivity contribution is 5.38. The van der Waals surface area contributed by atoms with Gasteiger partial charge in [-0.05, 0) is 65.4 Å². The van der Waals surface area contributed by atoms with E-state index >= 15 is 0 Å². The van der Waals surface area contributed by atoms with Gasteiger partial charge in [-0.3, -0.25) is 0 Å². The molecule has 2 N–H and O–H groups in total. The van der Waals surface area contributed by atoms with Gasteiger partial charge in [-0.15, -0.1) is 6.58 Å². The number of rotatable bonds is 1. The summed E-state index contributed by atoms with van der Waals surface area (Å²) in [6.45, 7) is 13.1. The average Bonchev–Trinajstić information content (AvgIpc) is 2.40. The molecule has 0 aromatic rings. The third-order valence-electron chi connectivity index (χ3n) is 7.13. The standard InChI is InChI=1S/C20H32O2/c1-6-19(4)11-13-14(21)10-16-18(2,3)8-7-9-20(16,5)17(13)15(22)12-19/h6,14-16,21-22H,1,7-12H2,2-5H3. The predicted octanol–water partition coefficient (Wildman–Crippen LogP) is 4.23. The topological polar surface area (TPSA) is 40.5 Å². The SMILES string of the molecule is C=CC1(C)CC2=C(C(O)C1)C1(C)CCCC(C)(C)C1CC2O. The van der Waals surface area contributed by atoms with E-state index in [-0.39, 0.29) is 22.3 Å². The second kappa shape index (κ2) is 4.95. The molecule has 3 aliphatic carbocycles. The van der Waals surface area contributed by atoms with E-state index in [0.717, 1.165) is 31.3 Å². The van der Waals surface area contributed by atoms with Gasteiger partial charge in [0.1, 0.15) is 0 Å².